The molecule has 3 N–H and O–H groups in total. The van der Waals surface area contributed by atoms with Crippen LogP contribution in [0.4, 0.5) is 10.5 Å². The second-order valence-electron chi connectivity index (χ2n) is 7.66. The van der Waals surface area contributed by atoms with Crippen LogP contribution in [-0.4, -0.2) is 40.7 Å². The summed E-state index contributed by atoms with van der Waals surface area (Å²) in [5.74, 6) is -1.76. The maximum Gasteiger partial charge on any atom is 0.411 e. The van der Waals surface area contributed by atoms with Crippen molar-refractivity contribution < 1.29 is 24.2 Å². The van der Waals surface area contributed by atoms with Crippen LogP contribution >= 0.6 is 0 Å². The normalized spacial score (nSPS) is 12.9. The minimum absolute atomic E-state index is 0.0481. The van der Waals surface area contributed by atoms with E-state index < -0.39 is 24.0 Å². The van der Waals surface area contributed by atoms with Gasteiger partial charge in [0.2, 0.25) is 0 Å². The average molecular weight is 445 g/mol. The van der Waals surface area contributed by atoms with Crippen molar-refractivity contribution in [3.63, 3.8) is 0 Å². The highest BCUT2D eigenvalue weighted by atomic mass is 16.5. The van der Waals surface area contributed by atoms with Gasteiger partial charge in [-0.2, -0.15) is 0 Å². The molecule has 1 aromatic heterocycles. The van der Waals surface area contributed by atoms with Gasteiger partial charge in [-0.05, 0) is 40.8 Å². The number of hydrogen-bond donors (Lipinski definition) is 3. The van der Waals surface area contributed by atoms with Crippen molar-refractivity contribution in [1.29, 1.82) is 0 Å². The summed E-state index contributed by atoms with van der Waals surface area (Å²) in [4.78, 5) is 39.6. The zero-order chi connectivity index (χ0) is 23.4. The van der Waals surface area contributed by atoms with Crippen LogP contribution in [0.3, 0.4) is 0 Å². The number of nitrogens with one attached hydrogen (secondary N) is 2. The number of carboxylic acids is 1. The Kier molecular flexibility index (Phi) is 6.35. The predicted octanol–water partition coefficient (Wildman–Crippen LogP) is 4.04. The molecule has 1 aliphatic rings. The lowest BCUT2D eigenvalue weighted by Gasteiger charge is -2.15. The molecule has 1 unspecified atom stereocenters. The van der Waals surface area contributed by atoms with E-state index in [-0.39, 0.29) is 24.6 Å². The molecule has 0 fully saturated rings. The second kappa shape index (κ2) is 9.52. The largest absolute Gasteiger partial charge is 0.480 e. The van der Waals surface area contributed by atoms with Crippen molar-refractivity contribution in [3.8, 4) is 11.1 Å². The zero-order valence-electron chi connectivity index (χ0n) is 17.9. The first-order valence-electron chi connectivity index (χ1n) is 10.6. The topological polar surface area (TPSA) is 118 Å². The lowest BCUT2D eigenvalue weighted by atomic mass is 9.98. The summed E-state index contributed by atoms with van der Waals surface area (Å²) in [7, 11) is 0. The van der Waals surface area contributed by atoms with Crippen molar-refractivity contribution in [1.82, 2.24) is 10.3 Å². The van der Waals surface area contributed by atoms with Crippen LogP contribution in [0.2, 0.25) is 0 Å². The van der Waals surface area contributed by atoms with Crippen LogP contribution in [0.15, 0.2) is 66.9 Å². The molecule has 0 bridgehead atoms. The van der Waals surface area contributed by atoms with Crippen LogP contribution in [0.25, 0.3) is 11.1 Å². The summed E-state index contributed by atoms with van der Waals surface area (Å²) in [6, 6.07) is 18.1. The summed E-state index contributed by atoms with van der Waals surface area (Å²) in [5.41, 5.74) is 4.94. The number of benzene rings is 2. The number of aromatic nitrogens is 1. The van der Waals surface area contributed by atoms with Crippen LogP contribution < -0.4 is 10.6 Å². The van der Waals surface area contributed by atoms with E-state index in [0.29, 0.717) is 5.69 Å². The number of ether oxygens (including phenoxy) is 1. The Hall–Kier alpha value is -4.20. The Labute approximate surface area is 190 Å². The molecule has 0 radical (unpaired) electrons. The number of carbonyl (C=O) groups is 3. The van der Waals surface area contributed by atoms with Gasteiger partial charge in [-0.15, -0.1) is 0 Å². The molecule has 168 valence electrons. The number of anilines is 1. The molecule has 1 heterocycles. The Balaban J connectivity index is 1.36. The molecule has 8 nitrogen and oxygen atoms in total. The van der Waals surface area contributed by atoms with E-state index in [4.69, 9.17) is 9.84 Å². The fourth-order valence-corrected chi connectivity index (χ4v) is 3.93. The summed E-state index contributed by atoms with van der Waals surface area (Å²) < 4.78 is 5.49. The van der Waals surface area contributed by atoms with Crippen molar-refractivity contribution in [2.24, 2.45) is 0 Å². The van der Waals surface area contributed by atoms with E-state index in [1.165, 1.54) is 18.3 Å². The van der Waals surface area contributed by atoms with Crippen LogP contribution in [0.5, 0.6) is 0 Å². The third-order valence-corrected chi connectivity index (χ3v) is 5.60. The number of rotatable bonds is 7. The van der Waals surface area contributed by atoms with Gasteiger partial charge >= 0.3 is 12.1 Å². The number of hydrogen-bond acceptors (Lipinski definition) is 5. The molecule has 2 amide bonds. The fourth-order valence-electron chi connectivity index (χ4n) is 3.93. The number of pyridine rings is 1. The van der Waals surface area contributed by atoms with Gasteiger partial charge in [0.15, 0.2) is 0 Å². The highest BCUT2D eigenvalue weighted by molar-refractivity contribution is 5.95. The average Bonchev–Trinajstić information content (AvgIpc) is 3.15. The van der Waals surface area contributed by atoms with Gasteiger partial charge in [0.1, 0.15) is 18.3 Å². The Morgan fingerprint density at radius 1 is 1.00 bits per heavy atom. The quantitative estimate of drug-likeness (QED) is 0.505. The first-order valence-corrected chi connectivity index (χ1v) is 10.6. The van der Waals surface area contributed by atoms with Crippen molar-refractivity contribution in [3.05, 3.63) is 83.7 Å². The van der Waals surface area contributed by atoms with E-state index in [9.17, 15) is 14.4 Å². The number of aliphatic carboxylic acids is 1. The molecule has 2 aromatic carbocycles. The molecule has 4 rings (SSSR count). The van der Waals surface area contributed by atoms with E-state index >= 15 is 0 Å². The lowest BCUT2D eigenvalue weighted by Crippen LogP contribution is -2.40. The summed E-state index contributed by atoms with van der Waals surface area (Å²) in [6.07, 6.45) is 0.938. The third kappa shape index (κ3) is 4.69. The van der Waals surface area contributed by atoms with Gasteiger partial charge in [0, 0.05) is 5.92 Å². The van der Waals surface area contributed by atoms with E-state index in [2.05, 4.69) is 27.8 Å². The maximum atomic E-state index is 12.4. The highest BCUT2D eigenvalue weighted by Crippen LogP contribution is 2.44. The fraction of sp³-hybridized carbons (Fsp3) is 0.200. The first-order chi connectivity index (χ1) is 16.0. The highest BCUT2D eigenvalue weighted by Gasteiger charge is 2.29. The van der Waals surface area contributed by atoms with Crippen molar-refractivity contribution >= 4 is 23.7 Å². The van der Waals surface area contributed by atoms with Crippen molar-refractivity contribution in [2.45, 2.75) is 25.3 Å². The molecule has 1 atom stereocenters. The minimum Gasteiger partial charge on any atom is -0.480 e. The van der Waals surface area contributed by atoms with E-state index in [0.717, 1.165) is 22.3 Å². The molecule has 1 aliphatic carbocycles. The number of carbonyl (C=O) groups excluding carboxylic acids is 2. The van der Waals surface area contributed by atoms with Gasteiger partial charge < -0.3 is 15.2 Å². The Morgan fingerprint density at radius 3 is 2.18 bits per heavy atom. The molecular weight excluding hydrogens is 422 g/mol. The molecule has 0 saturated heterocycles. The second-order valence-corrected chi connectivity index (χ2v) is 7.66. The summed E-state index contributed by atoms with van der Waals surface area (Å²) in [5, 5.41) is 14.1. The number of fused-ring (bicyclic) bond motifs is 3. The van der Waals surface area contributed by atoms with Gasteiger partial charge in [-0.3, -0.25) is 10.1 Å². The molecular formula is C25H23N3O5. The molecule has 3 aromatic rings. The summed E-state index contributed by atoms with van der Waals surface area (Å²) >= 11 is 0. The summed E-state index contributed by atoms with van der Waals surface area (Å²) in [6.45, 7) is 1.84. The maximum absolute atomic E-state index is 12.4. The standard InChI is InChI=1S/C25H23N3O5/c1-2-21(24(30)31)28-23(29)22-12-11-15(13-26-22)27-25(32)33-14-20-18-9-5-3-7-16(18)17-8-4-6-10-19(17)20/h3-13,20-21H,2,14H2,1H3,(H,27,32)(H,28,29)(H,30,31). The monoisotopic (exact) mass is 445 g/mol. The predicted molar refractivity (Wildman–Crippen MR) is 122 cm³/mol. The van der Waals surface area contributed by atoms with Gasteiger partial charge in [0.25, 0.3) is 5.91 Å². The van der Waals surface area contributed by atoms with Crippen LogP contribution in [0.1, 0.15) is 40.9 Å². The number of nitrogens with zero attached hydrogens (tertiary/aromatic N) is 1. The van der Waals surface area contributed by atoms with Crippen LogP contribution in [-0.2, 0) is 9.53 Å². The molecule has 0 aliphatic heterocycles. The Bertz CT molecular complexity index is 1150. The molecule has 0 spiro atoms. The van der Waals surface area contributed by atoms with E-state index in [1.807, 2.05) is 36.4 Å². The van der Waals surface area contributed by atoms with Crippen molar-refractivity contribution in [2.75, 3.05) is 11.9 Å². The molecule has 33 heavy (non-hydrogen) atoms. The zero-order valence-corrected chi connectivity index (χ0v) is 17.9. The third-order valence-electron chi connectivity index (χ3n) is 5.60. The lowest BCUT2D eigenvalue weighted by molar-refractivity contribution is -0.139. The van der Waals surface area contributed by atoms with E-state index in [1.54, 1.807) is 6.92 Å². The first kappa shape index (κ1) is 22.0. The van der Waals surface area contributed by atoms with Gasteiger partial charge in [0.05, 0.1) is 11.9 Å². The van der Waals surface area contributed by atoms with Gasteiger partial charge in [-0.25, -0.2) is 14.6 Å². The van der Waals surface area contributed by atoms with Crippen LogP contribution in [0, 0.1) is 0 Å². The van der Waals surface area contributed by atoms with Gasteiger partial charge in [-0.1, -0.05) is 55.5 Å². The SMILES string of the molecule is CCC(NC(=O)c1ccc(NC(=O)OCC2c3ccccc3-c3ccccc32)cn1)C(=O)O. The Morgan fingerprint density at radius 2 is 1.64 bits per heavy atom. The smallest absolute Gasteiger partial charge is 0.411 e. The number of carboxylic acid groups (broad SMARTS) is 1. The molecule has 0 saturated carbocycles. The minimum atomic E-state index is -1.11. The number of amides is 2. The molecule has 8 heteroatoms.